The van der Waals surface area contributed by atoms with E-state index in [1.54, 1.807) is 7.11 Å². The maximum atomic E-state index is 5.32. The van der Waals surface area contributed by atoms with Crippen LogP contribution in [-0.2, 0) is 4.74 Å². The van der Waals surface area contributed by atoms with Gasteiger partial charge in [0.2, 0.25) is 0 Å². The minimum Gasteiger partial charge on any atom is -0.385 e. The van der Waals surface area contributed by atoms with Crippen LogP contribution >= 0.6 is 12.2 Å². The first-order chi connectivity index (χ1) is 8.24. The van der Waals surface area contributed by atoms with Crippen molar-refractivity contribution in [2.45, 2.75) is 19.3 Å². The summed E-state index contributed by atoms with van der Waals surface area (Å²) in [6, 6.07) is 0. The van der Waals surface area contributed by atoms with Gasteiger partial charge in [0, 0.05) is 40.4 Å². The van der Waals surface area contributed by atoms with Crippen molar-refractivity contribution in [3.63, 3.8) is 0 Å². The lowest BCUT2D eigenvalue weighted by Crippen LogP contribution is -2.41. The molecule has 1 N–H and O–H groups in total. The number of thiocarbonyl (C=S) groups is 1. The molecule has 1 aliphatic heterocycles. The quantitative estimate of drug-likeness (QED) is 0.542. The normalized spacial score (nSPS) is 16.1. The number of hydrogen-bond donors (Lipinski definition) is 1. The summed E-state index contributed by atoms with van der Waals surface area (Å²) < 4.78 is 5.00. The highest BCUT2D eigenvalue weighted by Crippen LogP contribution is 2.06. The number of rotatable bonds is 7. The molecule has 0 amide bonds. The van der Waals surface area contributed by atoms with E-state index in [-0.39, 0.29) is 0 Å². The van der Waals surface area contributed by atoms with Crippen molar-refractivity contribution in [2.24, 2.45) is 0 Å². The van der Waals surface area contributed by atoms with Crippen LogP contribution in [0, 0.1) is 0 Å². The summed E-state index contributed by atoms with van der Waals surface area (Å²) in [4.78, 5) is 4.63. The Kier molecular flexibility index (Phi) is 7.48. The Morgan fingerprint density at radius 3 is 2.76 bits per heavy atom. The molecule has 17 heavy (non-hydrogen) atoms. The van der Waals surface area contributed by atoms with Gasteiger partial charge in [-0.1, -0.05) is 0 Å². The molecule has 0 saturated carbocycles. The summed E-state index contributed by atoms with van der Waals surface area (Å²) in [6.45, 7) is 6.31. The van der Waals surface area contributed by atoms with Gasteiger partial charge >= 0.3 is 0 Å². The summed E-state index contributed by atoms with van der Waals surface area (Å²) in [5.41, 5.74) is 0. The van der Waals surface area contributed by atoms with Gasteiger partial charge in [-0.05, 0) is 44.6 Å². The molecule has 0 atom stereocenters. The summed E-state index contributed by atoms with van der Waals surface area (Å²) in [6.07, 6.45) is 3.70. The number of nitrogens with zero attached hydrogens (tertiary/aromatic N) is 2. The molecule has 0 spiro atoms. The lowest BCUT2D eigenvalue weighted by molar-refractivity contribution is 0.195. The first kappa shape index (κ1) is 14.7. The van der Waals surface area contributed by atoms with Crippen molar-refractivity contribution in [2.75, 3.05) is 53.5 Å². The number of hydrogen-bond acceptors (Lipinski definition) is 3. The standard InChI is InChI=1S/C12H25N3OS/c1-14(9-10-15-7-3-4-8-15)12(17)13-6-5-11-16-2/h3-11H2,1-2H3,(H,13,17). The summed E-state index contributed by atoms with van der Waals surface area (Å²) >= 11 is 5.32. The van der Waals surface area contributed by atoms with Crippen LogP contribution in [0.4, 0.5) is 0 Å². The second-order valence-electron chi connectivity index (χ2n) is 4.55. The van der Waals surface area contributed by atoms with E-state index in [0.29, 0.717) is 0 Å². The minimum absolute atomic E-state index is 0.785. The molecule has 0 radical (unpaired) electrons. The third kappa shape index (κ3) is 6.19. The third-order valence-corrected chi connectivity index (χ3v) is 3.55. The average Bonchev–Trinajstić information content (AvgIpc) is 2.84. The van der Waals surface area contributed by atoms with Crippen LogP contribution in [0.5, 0.6) is 0 Å². The van der Waals surface area contributed by atoms with Crippen LogP contribution in [0.2, 0.25) is 0 Å². The van der Waals surface area contributed by atoms with Gasteiger partial charge in [0.15, 0.2) is 5.11 Å². The number of likely N-dealkylation sites (tertiary alicyclic amines) is 1. The van der Waals surface area contributed by atoms with Crippen LogP contribution < -0.4 is 5.32 Å². The number of likely N-dealkylation sites (N-methyl/N-ethyl adjacent to an activating group) is 1. The Hall–Kier alpha value is -0.390. The van der Waals surface area contributed by atoms with Crippen LogP contribution in [0.3, 0.4) is 0 Å². The molecule has 0 aromatic heterocycles. The Morgan fingerprint density at radius 2 is 2.12 bits per heavy atom. The summed E-state index contributed by atoms with van der Waals surface area (Å²) in [5.74, 6) is 0. The van der Waals surface area contributed by atoms with E-state index in [4.69, 9.17) is 17.0 Å². The van der Waals surface area contributed by atoms with E-state index >= 15 is 0 Å². The zero-order valence-electron chi connectivity index (χ0n) is 11.1. The molecule has 100 valence electrons. The van der Waals surface area contributed by atoms with Gasteiger partial charge in [-0.3, -0.25) is 0 Å². The number of ether oxygens (including phenoxy) is 1. The second-order valence-corrected chi connectivity index (χ2v) is 4.94. The van der Waals surface area contributed by atoms with Gasteiger partial charge < -0.3 is 19.9 Å². The molecule has 0 unspecified atom stereocenters. The van der Waals surface area contributed by atoms with Crippen LogP contribution in [0.1, 0.15) is 19.3 Å². The van der Waals surface area contributed by atoms with Crippen molar-refractivity contribution in [1.29, 1.82) is 0 Å². The maximum absolute atomic E-state index is 5.32. The van der Waals surface area contributed by atoms with Crippen LogP contribution in [0.15, 0.2) is 0 Å². The van der Waals surface area contributed by atoms with Crippen LogP contribution in [-0.4, -0.2) is 68.4 Å². The minimum atomic E-state index is 0.785. The van der Waals surface area contributed by atoms with Gasteiger partial charge in [-0.25, -0.2) is 0 Å². The van der Waals surface area contributed by atoms with Crippen LogP contribution in [0.25, 0.3) is 0 Å². The monoisotopic (exact) mass is 259 g/mol. The molecule has 1 fully saturated rings. The topological polar surface area (TPSA) is 27.7 Å². The predicted molar refractivity (Wildman–Crippen MR) is 75.4 cm³/mol. The molecule has 1 aliphatic rings. The third-order valence-electron chi connectivity index (χ3n) is 3.10. The molecule has 5 heteroatoms. The lowest BCUT2D eigenvalue weighted by atomic mass is 10.4. The van der Waals surface area contributed by atoms with E-state index in [2.05, 4.69) is 22.2 Å². The zero-order chi connectivity index (χ0) is 12.5. The smallest absolute Gasteiger partial charge is 0.168 e. The highest BCUT2D eigenvalue weighted by molar-refractivity contribution is 7.80. The first-order valence-corrected chi connectivity index (χ1v) is 6.85. The van der Waals surface area contributed by atoms with E-state index in [1.807, 2.05) is 0 Å². The van der Waals surface area contributed by atoms with Gasteiger partial charge in [0.25, 0.3) is 0 Å². The summed E-state index contributed by atoms with van der Waals surface area (Å²) in [5, 5.41) is 4.10. The Bertz CT molecular complexity index is 220. The molecular formula is C12H25N3OS. The van der Waals surface area contributed by atoms with Gasteiger partial charge in [-0.2, -0.15) is 0 Å². The SMILES string of the molecule is COCCCNC(=S)N(C)CCN1CCCC1. The van der Waals surface area contributed by atoms with E-state index < -0.39 is 0 Å². The highest BCUT2D eigenvalue weighted by atomic mass is 32.1. The fourth-order valence-corrected chi connectivity index (χ4v) is 2.14. The van der Waals surface area contributed by atoms with Crippen molar-refractivity contribution in [1.82, 2.24) is 15.1 Å². The molecule has 1 heterocycles. The Labute approximate surface area is 110 Å². The van der Waals surface area contributed by atoms with Crippen molar-refractivity contribution < 1.29 is 4.74 Å². The summed E-state index contributed by atoms with van der Waals surface area (Å²) in [7, 11) is 3.78. The maximum Gasteiger partial charge on any atom is 0.168 e. The predicted octanol–water partition coefficient (Wildman–Crippen LogP) is 0.925. The van der Waals surface area contributed by atoms with Gasteiger partial charge in [0.1, 0.15) is 0 Å². The molecule has 4 nitrogen and oxygen atoms in total. The molecule has 0 bridgehead atoms. The second kappa shape index (κ2) is 8.66. The van der Waals surface area contributed by atoms with E-state index in [9.17, 15) is 0 Å². The Morgan fingerprint density at radius 1 is 1.41 bits per heavy atom. The molecule has 0 aromatic carbocycles. The number of nitrogens with one attached hydrogen (secondary N) is 1. The first-order valence-electron chi connectivity index (χ1n) is 6.44. The lowest BCUT2D eigenvalue weighted by Gasteiger charge is -2.24. The fraction of sp³-hybridized carbons (Fsp3) is 0.917. The van der Waals surface area contributed by atoms with E-state index in [1.165, 1.54) is 25.9 Å². The molecular weight excluding hydrogens is 234 g/mol. The number of methoxy groups -OCH3 is 1. The zero-order valence-corrected chi connectivity index (χ0v) is 11.9. The molecule has 0 aromatic rings. The molecule has 0 aliphatic carbocycles. The van der Waals surface area contributed by atoms with Gasteiger partial charge in [-0.15, -0.1) is 0 Å². The van der Waals surface area contributed by atoms with Gasteiger partial charge in [0.05, 0.1) is 0 Å². The molecule has 1 saturated heterocycles. The van der Waals surface area contributed by atoms with Crippen molar-refractivity contribution in [3.8, 4) is 0 Å². The van der Waals surface area contributed by atoms with Crippen molar-refractivity contribution in [3.05, 3.63) is 0 Å². The van der Waals surface area contributed by atoms with E-state index in [0.717, 1.165) is 37.8 Å². The molecule has 1 rings (SSSR count). The van der Waals surface area contributed by atoms with Crippen molar-refractivity contribution >= 4 is 17.3 Å². The largest absolute Gasteiger partial charge is 0.385 e. The fourth-order valence-electron chi connectivity index (χ4n) is 1.95. The Balaban J connectivity index is 2.04. The highest BCUT2D eigenvalue weighted by Gasteiger charge is 2.12. The average molecular weight is 259 g/mol.